The number of halogens is 2. The minimum Gasteiger partial charge on any atom is -0.493 e. The zero-order valence-electron chi connectivity index (χ0n) is 18.2. The summed E-state index contributed by atoms with van der Waals surface area (Å²) in [5.41, 5.74) is 6.31. The Labute approximate surface area is 201 Å². The molecule has 0 unspecified atom stereocenters. The van der Waals surface area contributed by atoms with Gasteiger partial charge in [-0.25, -0.2) is 0 Å². The van der Waals surface area contributed by atoms with Crippen LogP contribution in [-0.2, 0) is 4.79 Å². The number of amides is 1. The van der Waals surface area contributed by atoms with Crippen LogP contribution in [0.3, 0.4) is 0 Å². The van der Waals surface area contributed by atoms with Crippen molar-refractivity contribution < 1.29 is 14.3 Å². The molecule has 1 amide bonds. The highest BCUT2D eigenvalue weighted by molar-refractivity contribution is 6.39. The fourth-order valence-corrected chi connectivity index (χ4v) is 3.92. The van der Waals surface area contributed by atoms with Crippen LogP contribution in [0.4, 0.5) is 11.4 Å². The molecule has 2 aromatic heterocycles. The number of methoxy groups -OCH3 is 1. The maximum atomic E-state index is 12.4. The summed E-state index contributed by atoms with van der Waals surface area (Å²) in [5, 5.41) is 4.51. The second-order valence-electron chi connectivity index (χ2n) is 7.50. The van der Waals surface area contributed by atoms with Gasteiger partial charge in [0.1, 0.15) is 0 Å². The van der Waals surface area contributed by atoms with E-state index in [1.54, 1.807) is 13.2 Å². The normalized spacial score (nSPS) is 10.9. The van der Waals surface area contributed by atoms with Gasteiger partial charge in [0, 0.05) is 30.3 Å². The fraction of sp³-hybridized carbons (Fsp3) is 0.348. The third-order valence-corrected chi connectivity index (χ3v) is 5.66. The fourth-order valence-electron chi connectivity index (χ4n) is 3.46. The molecule has 176 valence electrons. The molecule has 0 fully saturated rings. The van der Waals surface area contributed by atoms with Crippen molar-refractivity contribution in [1.82, 2.24) is 9.97 Å². The minimum atomic E-state index is -0.321. The Kier molecular flexibility index (Phi) is 8.79. The molecule has 0 bridgehead atoms. The van der Waals surface area contributed by atoms with Gasteiger partial charge < -0.3 is 25.5 Å². The third kappa shape index (κ3) is 6.52. The van der Waals surface area contributed by atoms with Crippen molar-refractivity contribution in [3.05, 3.63) is 51.0 Å². The predicted molar refractivity (Wildman–Crippen MR) is 131 cm³/mol. The summed E-state index contributed by atoms with van der Waals surface area (Å²) in [4.78, 5) is 30.0. The number of anilines is 2. The summed E-state index contributed by atoms with van der Waals surface area (Å²) in [7, 11) is 1.55. The molecule has 2 heterocycles. The van der Waals surface area contributed by atoms with Gasteiger partial charge in [0.25, 0.3) is 5.56 Å². The number of hydrogen-bond donors (Lipinski definition) is 3. The number of nitrogens with zero attached hydrogens (tertiary/aromatic N) is 1. The van der Waals surface area contributed by atoms with Crippen LogP contribution in [0.15, 0.2) is 35.4 Å². The summed E-state index contributed by atoms with van der Waals surface area (Å²) >= 11 is 12.5. The van der Waals surface area contributed by atoms with Crippen LogP contribution in [0.25, 0.3) is 10.9 Å². The first-order valence-electron chi connectivity index (χ1n) is 10.6. The Morgan fingerprint density at radius 3 is 2.52 bits per heavy atom. The number of aromatic amines is 1. The molecule has 4 N–H and O–H groups in total. The number of carbonyl (C=O) groups is 1. The van der Waals surface area contributed by atoms with E-state index in [9.17, 15) is 9.59 Å². The highest BCUT2D eigenvalue weighted by Crippen LogP contribution is 2.39. The maximum Gasteiger partial charge on any atom is 0.250 e. The zero-order valence-corrected chi connectivity index (χ0v) is 19.8. The van der Waals surface area contributed by atoms with Crippen molar-refractivity contribution in [2.45, 2.75) is 38.5 Å². The van der Waals surface area contributed by atoms with Gasteiger partial charge in [-0.15, -0.1) is 0 Å². The first-order chi connectivity index (χ1) is 15.9. The number of fused-ring (bicyclic) bond motifs is 1. The Hall–Kier alpha value is -2.97. The molecule has 0 saturated carbocycles. The van der Waals surface area contributed by atoms with E-state index in [0.717, 1.165) is 32.1 Å². The number of rotatable bonds is 12. The summed E-state index contributed by atoms with van der Waals surface area (Å²) in [6.07, 6.45) is 7.87. The molecule has 0 aliphatic rings. The van der Waals surface area contributed by atoms with Gasteiger partial charge >= 0.3 is 0 Å². The molecular formula is C23H26Cl2N4O4. The van der Waals surface area contributed by atoms with Crippen molar-refractivity contribution in [2.24, 2.45) is 5.73 Å². The number of hydrogen-bond acceptors (Lipinski definition) is 6. The topological polar surface area (TPSA) is 119 Å². The number of benzene rings is 1. The van der Waals surface area contributed by atoms with E-state index in [1.165, 1.54) is 18.5 Å². The molecule has 8 nitrogen and oxygen atoms in total. The average molecular weight is 493 g/mol. The minimum absolute atomic E-state index is 0.266. The van der Waals surface area contributed by atoms with E-state index in [4.69, 9.17) is 38.4 Å². The number of nitrogens with two attached hydrogens (primary N) is 1. The number of aromatic nitrogens is 2. The highest BCUT2D eigenvalue weighted by Gasteiger charge is 2.16. The largest absolute Gasteiger partial charge is 0.493 e. The lowest BCUT2D eigenvalue weighted by Crippen LogP contribution is -2.09. The van der Waals surface area contributed by atoms with Crippen LogP contribution < -0.4 is 26.1 Å². The predicted octanol–water partition coefficient (Wildman–Crippen LogP) is 5.19. The molecule has 3 rings (SSSR count). The van der Waals surface area contributed by atoms with E-state index in [0.29, 0.717) is 56.8 Å². The molecule has 0 saturated heterocycles. The molecule has 0 radical (unpaired) electrons. The number of unbranched alkanes of at least 4 members (excludes halogenated alkanes) is 4. The van der Waals surface area contributed by atoms with Gasteiger partial charge in [-0.1, -0.05) is 42.5 Å². The van der Waals surface area contributed by atoms with Gasteiger partial charge in [-0.2, -0.15) is 0 Å². The molecule has 0 spiro atoms. The zero-order chi connectivity index (χ0) is 23.8. The molecule has 0 aliphatic heterocycles. The van der Waals surface area contributed by atoms with Gasteiger partial charge in [0.05, 0.1) is 40.7 Å². The van der Waals surface area contributed by atoms with Crippen molar-refractivity contribution in [1.29, 1.82) is 0 Å². The Bertz CT molecular complexity index is 1160. The summed E-state index contributed by atoms with van der Waals surface area (Å²) < 4.78 is 11.5. The van der Waals surface area contributed by atoms with Gasteiger partial charge in [-0.3, -0.25) is 14.6 Å². The molecule has 1 aromatic carbocycles. The molecular weight excluding hydrogens is 467 g/mol. The molecule has 0 atom stereocenters. The lowest BCUT2D eigenvalue weighted by molar-refractivity contribution is -0.118. The van der Waals surface area contributed by atoms with E-state index < -0.39 is 0 Å². The quantitative estimate of drug-likeness (QED) is 0.299. The molecule has 33 heavy (non-hydrogen) atoms. The van der Waals surface area contributed by atoms with Gasteiger partial charge in [0.15, 0.2) is 11.5 Å². The molecule has 10 heteroatoms. The van der Waals surface area contributed by atoms with Crippen molar-refractivity contribution in [3.8, 4) is 11.5 Å². The average Bonchev–Trinajstić information content (AvgIpc) is 2.77. The number of carbonyl (C=O) groups excluding carboxylic acids is 1. The van der Waals surface area contributed by atoms with Gasteiger partial charge in [-0.05, 0) is 25.0 Å². The van der Waals surface area contributed by atoms with Gasteiger partial charge in [0.2, 0.25) is 5.91 Å². The Morgan fingerprint density at radius 1 is 1.12 bits per heavy atom. The van der Waals surface area contributed by atoms with Crippen molar-refractivity contribution >= 4 is 51.4 Å². The number of primary amides is 1. The number of ether oxygens (including phenoxy) is 2. The van der Waals surface area contributed by atoms with Crippen molar-refractivity contribution in [2.75, 3.05) is 19.0 Å². The first kappa shape index (κ1) is 24.7. The molecule has 0 aliphatic carbocycles. The highest BCUT2D eigenvalue weighted by atomic mass is 35.5. The van der Waals surface area contributed by atoms with E-state index in [1.807, 2.05) is 6.07 Å². The van der Waals surface area contributed by atoms with E-state index >= 15 is 0 Å². The van der Waals surface area contributed by atoms with Crippen LogP contribution in [0.5, 0.6) is 11.5 Å². The maximum absolute atomic E-state index is 12.4. The third-order valence-electron chi connectivity index (χ3n) is 5.08. The van der Waals surface area contributed by atoms with Crippen LogP contribution in [0.2, 0.25) is 10.0 Å². The van der Waals surface area contributed by atoms with E-state index in [2.05, 4.69) is 15.3 Å². The monoisotopic (exact) mass is 492 g/mol. The second kappa shape index (κ2) is 11.8. The van der Waals surface area contributed by atoms with Crippen LogP contribution in [0, 0.1) is 0 Å². The smallest absolute Gasteiger partial charge is 0.250 e. The number of H-pyrrole nitrogens is 1. The SMILES string of the molecule is COc1ccc2c(Nc3c(Cl)cncc3Cl)cc(=O)[nH]c2c1OCCCCCCCC(N)=O. The lowest BCUT2D eigenvalue weighted by atomic mass is 10.1. The Morgan fingerprint density at radius 2 is 1.82 bits per heavy atom. The van der Waals surface area contributed by atoms with Crippen LogP contribution in [0.1, 0.15) is 38.5 Å². The standard InChI is InChI=1S/C23H26Cl2N4O4/c1-32-18-9-8-14-17(28-22-15(24)12-27-13-16(22)25)11-20(31)29-21(14)23(18)33-10-6-4-2-3-5-7-19(26)30/h8-9,11-13H,2-7,10H2,1H3,(H2,26,30)(H2,27,28,29,31). The Balaban J connectivity index is 1.79. The number of pyridine rings is 2. The second-order valence-corrected chi connectivity index (χ2v) is 8.32. The summed E-state index contributed by atoms with van der Waals surface area (Å²) in [6.45, 7) is 0.451. The summed E-state index contributed by atoms with van der Waals surface area (Å²) in [6, 6.07) is 5.03. The lowest BCUT2D eigenvalue weighted by Gasteiger charge is -2.16. The van der Waals surface area contributed by atoms with Crippen molar-refractivity contribution in [3.63, 3.8) is 0 Å². The van der Waals surface area contributed by atoms with Crippen LogP contribution in [-0.4, -0.2) is 29.6 Å². The van der Waals surface area contributed by atoms with Crippen LogP contribution >= 0.6 is 23.2 Å². The molecule has 3 aromatic rings. The first-order valence-corrected chi connectivity index (χ1v) is 11.4. The number of nitrogens with one attached hydrogen (secondary N) is 2. The summed E-state index contributed by atoms with van der Waals surface area (Å²) in [5.74, 6) is 0.700. The van der Waals surface area contributed by atoms with E-state index in [-0.39, 0.29) is 11.5 Å².